The van der Waals surface area contributed by atoms with Gasteiger partial charge in [0.1, 0.15) is 6.17 Å². The van der Waals surface area contributed by atoms with Crippen LogP contribution < -0.4 is 5.32 Å². The Labute approximate surface area is 267 Å². The molecule has 5 aromatic carbocycles. The Morgan fingerprint density at radius 1 is 0.826 bits per heavy atom. The summed E-state index contributed by atoms with van der Waals surface area (Å²) in [6.07, 6.45) is 2.85. The lowest BCUT2D eigenvalue weighted by Crippen LogP contribution is -2.29. The van der Waals surface area contributed by atoms with Crippen LogP contribution in [0.1, 0.15) is 48.7 Å². The number of nitriles is 1. The molecule has 218 valence electrons. The minimum Gasteiger partial charge on any atom is -0.362 e. The average molecular weight is 591 g/mol. The summed E-state index contributed by atoms with van der Waals surface area (Å²) >= 11 is 0. The fourth-order valence-electron chi connectivity index (χ4n) is 8.34. The number of hydrogen-bond donors (Lipinski definition) is 1. The fourth-order valence-corrected chi connectivity index (χ4v) is 8.34. The topological polar surface area (TPSA) is 53.1 Å². The molecule has 0 spiro atoms. The summed E-state index contributed by atoms with van der Waals surface area (Å²) in [5.41, 5.74) is 15.1. The quantitative estimate of drug-likeness (QED) is 0.222. The van der Waals surface area contributed by atoms with Crippen molar-refractivity contribution in [1.29, 1.82) is 5.26 Å². The normalized spacial score (nSPS) is 21.5. The van der Waals surface area contributed by atoms with Crippen LogP contribution in [0.15, 0.2) is 143 Å². The summed E-state index contributed by atoms with van der Waals surface area (Å²) in [5, 5.41) is 16.0. The van der Waals surface area contributed by atoms with Crippen molar-refractivity contribution in [2.45, 2.75) is 31.8 Å². The molecule has 4 nitrogen and oxygen atoms in total. The van der Waals surface area contributed by atoms with E-state index in [-0.39, 0.29) is 17.0 Å². The van der Waals surface area contributed by atoms with Gasteiger partial charge in [0, 0.05) is 33.1 Å². The van der Waals surface area contributed by atoms with E-state index in [9.17, 15) is 5.26 Å². The third-order valence-corrected chi connectivity index (χ3v) is 10.8. The van der Waals surface area contributed by atoms with E-state index in [1.807, 2.05) is 6.07 Å². The molecule has 1 aliphatic heterocycles. The summed E-state index contributed by atoms with van der Waals surface area (Å²) < 4.78 is 2.47. The minimum atomic E-state index is -0.272. The molecule has 4 aliphatic rings. The molecule has 0 bridgehead atoms. The van der Waals surface area contributed by atoms with Crippen molar-refractivity contribution in [2.24, 2.45) is 10.4 Å². The molecule has 0 amide bonds. The first-order valence-electron chi connectivity index (χ1n) is 16.0. The third-order valence-electron chi connectivity index (χ3n) is 10.8. The second-order valence-electron chi connectivity index (χ2n) is 13.5. The Balaban J connectivity index is 1.16. The van der Waals surface area contributed by atoms with Gasteiger partial charge in [0.2, 0.25) is 0 Å². The van der Waals surface area contributed by atoms with E-state index in [0.717, 1.165) is 40.2 Å². The van der Waals surface area contributed by atoms with Crippen LogP contribution in [0.3, 0.4) is 0 Å². The molecule has 10 rings (SSSR count). The summed E-state index contributed by atoms with van der Waals surface area (Å²) in [6.45, 7) is 4.73. The van der Waals surface area contributed by atoms with E-state index in [4.69, 9.17) is 4.99 Å². The van der Waals surface area contributed by atoms with Crippen LogP contribution in [0.25, 0.3) is 38.6 Å². The molecule has 1 N–H and O–H groups in total. The molecule has 2 atom stereocenters. The minimum absolute atomic E-state index is 0.147. The number of para-hydroxylation sites is 1. The maximum atomic E-state index is 9.75. The molecule has 0 saturated heterocycles. The highest BCUT2D eigenvalue weighted by molar-refractivity contribution is 6.13. The standard InChI is InChI=1S/C42H30N4/c1-41(2)32-17-8-6-15-28(32)30-19-20-31-29-16-7-9-18-36(29)46(39(31)38(30)41)27-14-10-13-26(21-27)40-44-35(25-11-4-3-5-12-25)22-37(45-40)42-23-33(42)34(42)24-43/h3-22,40,45H,23H2,1-2H3/t40?,42-/m1/s1. The van der Waals surface area contributed by atoms with Crippen molar-refractivity contribution < 1.29 is 0 Å². The second-order valence-corrected chi connectivity index (χ2v) is 13.5. The van der Waals surface area contributed by atoms with Crippen LogP contribution in [-0.4, -0.2) is 10.3 Å². The maximum Gasteiger partial charge on any atom is 0.145 e. The van der Waals surface area contributed by atoms with Crippen LogP contribution >= 0.6 is 0 Å². The predicted molar refractivity (Wildman–Crippen MR) is 185 cm³/mol. The monoisotopic (exact) mass is 590 g/mol. The molecule has 1 fully saturated rings. The van der Waals surface area contributed by atoms with Crippen LogP contribution in [-0.2, 0) is 5.41 Å². The number of allylic oxidation sites excluding steroid dienone is 2. The predicted octanol–water partition coefficient (Wildman–Crippen LogP) is 9.29. The summed E-state index contributed by atoms with van der Waals surface area (Å²) in [7, 11) is 0. The Morgan fingerprint density at radius 2 is 1.63 bits per heavy atom. The van der Waals surface area contributed by atoms with E-state index in [0.29, 0.717) is 0 Å². The van der Waals surface area contributed by atoms with Crippen LogP contribution in [0.4, 0.5) is 0 Å². The van der Waals surface area contributed by atoms with Gasteiger partial charge >= 0.3 is 0 Å². The Kier molecular flexibility index (Phi) is 4.87. The molecule has 6 aromatic rings. The van der Waals surface area contributed by atoms with Crippen molar-refractivity contribution in [1.82, 2.24) is 9.88 Å². The van der Waals surface area contributed by atoms with Crippen LogP contribution in [0.2, 0.25) is 0 Å². The van der Waals surface area contributed by atoms with Gasteiger partial charge in [0.05, 0.1) is 28.2 Å². The van der Waals surface area contributed by atoms with Gasteiger partial charge in [-0.25, -0.2) is 0 Å². The van der Waals surface area contributed by atoms with E-state index < -0.39 is 0 Å². The van der Waals surface area contributed by atoms with Gasteiger partial charge in [-0.15, -0.1) is 0 Å². The van der Waals surface area contributed by atoms with Gasteiger partial charge in [-0.05, 0) is 69.6 Å². The lowest BCUT2D eigenvalue weighted by molar-refractivity contribution is 0.570. The number of benzene rings is 5. The second kappa shape index (κ2) is 8.74. The SMILES string of the molecule is CC1(C)c2ccccc2-c2ccc3c4ccccc4n(-c4cccc(C5N=C(c6ccccc6)C=C([C@]67CC6=C7C#N)N5)c4)c3c21. The highest BCUT2D eigenvalue weighted by Crippen LogP contribution is 2.77. The highest BCUT2D eigenvalue weighted by atomic mass is 15.1. The Hall–Kier alpha value is -5.66. The molecular formula is C42H30N4. The molecule has 1 saturated carbocycles. The van der Waals surface area contributed by atoms with Crippen molar-refractivity contribution in [3.63, 3.8) is 0 Å². The number of rotatable bonds is 4. The maximum absolute atomic E-state index is 9.75. The molecule has 4 heteroatoms. The van der Waals surface area contributed by atoms with Crippen molar-refractivity contribution in [3.05, 3.63) is 160 Å². The molecule has 0 radical (unpaired) electrons. The zero-order valence-electron chi connectivity index (χ0n) is 25.7. The first kappa shape index (κ1) is 25.6. The number of aromatic nitrogens is 1. The van der Waals surface area contributed by atoms with Crippen molar-refractivity contribution in [3.8, 4) is 22.9 Å². The summed E-state index contributed by atoms with van der Waals surface area (Å²) in [5.74, 6) is 0. The van der Waals surface area contributed by atoms with Crippen molar-refractivity contribution >= 4 is 27.5 Å². The zero-order valence-corrected chi connectivity index (χ0v) is 25.7. The van der Waals surface area contributed by atoms with Crippen LogP contribution in [0.5, 0.6) is 0 Å². The van der Waals surface area contributed by atoms with E-state index >= 15 is 0 Å². The van der Waals surface area contributed by atoms with Gasteiger partial charge in [-0.2, -0.15) is 5.26 Å². The number of nitrogens with zero attached hydrogens (tertiary/aromatic N) is 3. The largest absolute Gasteiger partial charge is 0.362 e. The number of fused-ring (bicyclic) bond motifs is 8. The zero-order chi connectivity index (χ0) is 30.8. The lowest BCUT2D eigenvalue weighted by Gasteiger charge is -2.27. The number of aliphatic imine (C=N–C) groups is 1. The Morgan fingerprint density at radius 3 is 2.46 bits per heavy atom. The lowest BCUT2D eigenvalue weighted by atomic mass is 9.81. The third kappa shape index (κ3) is 3.25. The first-order chi connectivity index (χ1) is 22.5. The van der Waals surface area contributed by atoms with Crippen molar-refractivity contribution in [2.75, 3.05) is 0 Å². The van der Waals surface area contributed by atoms with Gasteiger partial charge < -0.3 is 9.88 Å². The van der Waals surface area contributed by atoms with E-state index in [2.05, 4.69) is 145 Å². The number of nitrogens with one attached hydrogen (secondary N) is 1. The first-order valence-corrected chi connectivity index (χ1v) is 16.0. The fraction of sp³-hybridized carbons (Fsp3) is 0.143. The molecular weight excluding hydrogens is 560 g/mol. The van der Waals surface area contributed by atoms with Gasteiger partial charge in [-0.3, -0.25) is 4.99 Å². The van der Waals surface area contributed by atoms with Gasteiger partial charge in [0.25, 0.3) is 0 Å². The van der Waals surface area contributed by atoms with E-state index in [1.54, 1.807) is 0 Å². The average Bonchev–Trinajstić information content (AvgIpc) is 3.94. The molecule has 1 unspecified atom stereocenters. The van der Waals surface area contributed by atoms with Gasteiger partial charge in [-0.1, -0.05) is 111 Å². The molecule has 2 heterocycles. The van der Waals surface area contributed by atoms with Crippen LogP contribution in [0, 0.1) is 16.7 Å². The smallest absolute Gasteiger partial charge is 0.145 e. The van der Waals surface area contributed by atoms with Gasteiger partial charge in [0.15, 0.2) is 0 Å². The molecule has 46 heavy (non-hydrogen) atoms. The summed E-state index contributed by atoms with van der Waals surface area (Å²) in [6, 6.07) is 43.9. The van der Waals surface area contributed by atoms with E-state index in [1.165, 1.54) is 49.6 Å². The molecule has 3 aliphatic carbocycles. The molecule has 1 aromatic heterocycles. The highest BCUT2D eigenvalue weighted by Gasteiger charge is 2.70. The summed E-state index contributed by atoms with van der Waals surface area (Å²) in [4.78, 5) is 5.26. The Bertz CT molecular complexity index is 2470. The number of hydrogen-bond acceptors (Lipinski definition) is 3.